The quantitative estimate of drug-likeness (QED) is 0.940. The molecule has 3 nitrogen and oxygen atoms in total. The Morgan fingerprint density at radius 3 is 2.47 bits per heavy atom. The lowest BCUT2D eigenvalue weighted by atomic mass is 10.1. The summed E-state index contributed by atoms with van der Waals surface area (Å²) in [4.78, 5) is 4.30. The minimum atomic E-state index is 0.743. The molecular formula is C13H16BrN3. The number of hydrogen-bond donors (Lipinski definition) is 1. The van der Waals surface area contributed by atoms with Crippen LogP contribution in [-0.2, 0) is 13.6 Å². The molecule has 0 aliphatic rings. The van der Waals surface area contributed by atoms with E-state index < -0.39 is 0 Å². The monoisotopic (exact) mass is 293 g/mol. The second-order valence-corrected chi connectivity index (χ2v) is 5.14. The van der Waals surface area contributed by atoms with Gasteiger partial charge in [-0.1, -0.05) is 15.9 Å². The average Bonchev–Trinajstić information content (AvgIpc) is 2.62. The van der Waals surface area contributed by atoms with Gasteiger partial charge in [-0.2, -0.15) is 0 Å². The van der Waals surface area contributed by atoms with Gasteiger partial charge in [0.15, 0.2) is 0 Å². The van der Waals surface area contributed by atoms with E-state index in [-0.39, 0.29) is 0 Å². The fraction of sp³-hybridized carbons (Fsp3) is 0.308. The summed E-state index contributed by atoms with van der Waals surface area (Å²) in [5.74, 6) is 1.03. The molecule has 4 heteroatoms. The Labute approximate surface area is 110 Å². The molecule has 17 heavy (non-hydrogen) atoms. The molecular weight excluding hydrogens is 278 g/mol. The van der Waals surface area contributed by atoms with Gasteiger partial charge in [-0.25, -0.2) is 4.98 Å². The van der Waals surface area contributed by atoms with Crippen molar-refractivity contribution in [2.24, 2.45) is 7.05 Å². The number of anilines is 1. The van der Waals surface area contributed by atoms with Gasteiger partial charge in [0.05, 0.1) is 6.54 Å². The van der Waals surface area contributed by atoms with E-state index in [0.29, 0.717) is 0 Å². The van der Waals surface area contributed by atoms with Gasteiger partial charge in [-0.3, -0.25) is 0 Å². The standard InChI is InChI=1S/C13H16BrN3/c1-9-6-11(14)7-10(2)13(9)16-8-12-15-4-5-17(12)3/h4-7,16H,8H2,1-3H3. The summed E-state index contributed by atoms with van der Waals surface area (Å²) in [6, 6.07) is 4.24. The van der Waals surface area contributed by atoms with Crippen LogP contribution < -0.4 is 5.32 Å². The first-order valence-corrected chi connectivity index (χ1v) is 6.34. The van der Waals surface area contributed by atoms with Crippen molar-refractivity contribution in [3.63, 3.8) is 0 Å². The number of aromatic nitrogens is 2. The van der Waals surface area contributed by atoms with Gasteiger partial charge < -0.3 is 9.88 Å². The average molecular weight is 294 g/mol. The number of nitrogens with zero attached hydrogens (tertiary/aromatic N) is 2. The largest absolute Gasteiger partial charge is 0.377 e. The second-order valence-electron chi connectivity index (χ2n) is 4.22. The molecule has 0 saturated heterocycles. The van der Waals surface area contributed by atoms with E-state index in [1.165, 1.54) is 16.8 Å². The SMILES string of the molecule is Cc1cc(Br)cc(C)c1NCc1nccn1C. The molecule has 90 valence electrons. The van der Waals surface area contributed by atoms with E-state index in [9.17, 15) is 0 Å². The van der Waals surface area contributed by atoms with Crippen molar-refractivity contribution < 1.29 is 0 Å². The van der Waals surface area contributed by atoms with Crippen molar-refractivity contribution in [3.8, 4) is 0 Å². The van der Waals surface area contributed by atoms with E-state index in [0.717, 1.165) is 16.8 Å². The molecule has 0 unspecified atom stereocenters. The summed E-state index contributed by atoms with van der Waals surface area (Å²) in [5.41, 5.74) is 3.67. The lowest BCUT2D eigenvalue weighted by Gasteiger charge is -2.13. The molecule has 0 aliphatic heterocycles. The molecule has 0 atom stereocenters. The van der Waals surface area contributed by atoms with Gasteiger partial charge in [0, 0.05) is 29.6 Å². The summed E-state index contributed by atoms with van der Waals surface area (Å²) in [6.45, 7) is 4.96. The molecule has 1 heterocycles. The highest BCUT2D eigenvalue weighted by Crippen LogP contribution is 2.25. The lowest BCUT2D eigenvalue weighted by Crippen LogP contribution is -2.07. The van der Waals surface area contributed by atoms with Crippen molar-refractivity contribution in [2.75, 3.05) is 5.32 Å². The number of halogens is 1. The summed E-state index contributed by atoms with van der Waals surface area (Å²) >= 11 is 3.50. The van der Waals surface area contributed by atoms with Gasteiger partial charge in [-0.15, -0.1) is 0 Å². The number of hydrogen-bond acceptors (Lipinski definition) is 2. The van der Waals surface area contributed by atoms with Crippen molar-refractivity contribution >= 4 is 21.6 Å². The Morgan fingerprint density at radius 1 is 1.29 bits per heavy atom. The Bertz CT molecular complexity index is 508. The van der Waals surface area contributed by atoms with Crippen LogP contribution in [-0.4, -0.2) is 9.55 Å². The summed E-state index contributed by atoms with van der Waals surface area (Å²) < 4.78 is 3.14. The van der Waals surface area contributed by atoms with Gasteiger partial charge in [0.2, 0.25) is 0 Å². The van der Waals surface area contributed by atoms with Crippen LogP contribution in [0, 0.1) is 13.8 Å². The molecule has 0 fully saturated rings. The fourth-order valence-electron chi connectivity index (χ4n) is 1.92. The van der Waals surface area contributed by atoms with Crippen LogP contribution in [0.25, 0.3) is 0 Å². The highest BCUT2D eigenvalue weighted by molar-refractivity contribution is 9.10. The topological polar surface area (TPSA) is 29.9 Å². The third-order valence-corrected chi connectivity index (χ3v) is 3.30. The molecule has 0 aliphatic carbocycles. The van der Waals surface area contributed by atoms with Crippen LogP contribution in [0.5, 0.6) is 0 Å². The lowest BCUT2D eigenvalue weighted by molar-refractivity contribution is 0.812. The smallest absolute Gasteiger partial charge is 0.127 e. The van der Waals surface area contributed by atoms with E-state index >= 15 is 0 Å². The maximum absolute atomic E-state index is 4.30. The maximum atomic E-state index is 4.30. The zero-order valence-electron chi connectivity index (χ0n) is 10.3. The van der Waals surface area contributed by atoms with Crippen LogP contribution in [0.15, 0.2) is 29.0 Å². The van der Waals surface area contributed by atoms with E-state index in [4.69, 9.17) is 0 Å². The highest BCUT2D eigenvalue weighted by Gasteiger charge is 2.05. The molecule has 1 aromatic carbocycles. The van der Waals surface area contributed by atoms with Crippen LogP contribution in [0.2, 0.25) is 0 Å². The van der Waals surface area contributed by atoms with Crippen molar-refractivity contribution in [3.05, 3.63) is 46.0 Å². The molecule has 2 aromatic rings. The molecule has 1 aromatic heterocycles. The Kier molecular flexibility index (Phi) is 3.52. The summed E-state index contributed by atoms with van der Waals surface area (Å²) in [5, 5.41) is 3.45. The van der Waals surface area contributed by atoms with Crippen molar-refractivity contribution in [1.82, 2.24) is 9.55 Å². The molecule has 2 rings (SSSR count). The van der Waals surface area contributed by atoms with Crippen LogP contribution in [0.3, 0.4) is 0 Å². The minimum Gasteiger partial charge on any atom is -0.377 e. The zero-order chi connectivity index (χ0) is 12.4. The number of nitrogens with one attached hydrogen (secondary N) is 1. The number of benzene rings is 1. The minimum absolute atomic E-state index is 0.743. The molecule has 0 radical (unpaired) electrons. The molecule has 0 bridgehead atoms. The van der Waals surface area contributed by atoms with Gasteiger partial charge in [-0.05, 0) is 37.1 Å². The van der Waals surface area contributed by atoms with E-state index in [1.54, 1.807) is 0 Å². The Morgan fingerprint density at radius 2 is 1.94 bits per heavy atom. The molecule has 1 N–H and O–H groups in total. The summed E-state index contributed by atoms with van der Waals surface area (Å²) in [7, 11) is 2.01. The third-order valence-electron chi connectivity index (χ3n) is 2.84. The molecule has 0 spiro atoms. The van der Waals surface area contributed by atoms with Gasteiger partial charge >= 0.3 is 0 Å². The molecule has 0 amide bonds. The summed E-state index contributed by atoms with van der Waals surface area (Å²) in [6.07, 6.45) is 3.77. The third kappa shape index (κ3) is 2.69. The first kappa shape index (κ1) is 12.2. The first-order chi connectivity index (χ1) is 8.08. The normalized spacial score (nSPS) is 10.6. The van der Waals surface area contributed by atoms with Gasteiger partial charge in [0.1, 0.15) is 5.82 Å². The second kappa shape index (κ2) is 4.92. The van der Waals surface area contributed by atoms with Crippen LogP contribution in [0.1, 0.15) is 17.0 Å². The first-order valence-electron chi connectivity index (χ1n) is 5.54. The predicted molar refractivity (Wildman–Crippen MR) is 74.2 cm³/mol. The van der Waals surface area contributed by atoms with E-state index in [1.807, 2.05) is 24.0 Å². The number of rotatable bonds is 3. The Balaban J connectivity index is 2.17. The van der Waals surface area contributed by atoms with Crippen molar-refractivity contribution in [1.29, 1.82) is 0 Å². The predicted octanol–water partition coefficient (Wildman–Crippen LogP) is 3.41. The maximum Gasteiger partial charge on any atom is 0.127 e. The van der Waals surface area contributed by atoms with Crippen LogP contribution >= 0.6 is 15.9 Å². The molecule has 0 saturated carbocycles. The van der Waals surface area contributed by atoms with Crippen molar-refractivity contribution in [2.45, 2.75) is 20.4 Å². The fourth-order valence-corrected chi connectivity index (χ4v) is 2.61. The zero-order valence-corrected chi connectivity index (χ0v) is 11.9. The Hall–Kier alpha value is -1.29. The van der Waals surface area contributed by atoms with E-state index in [2.05, 4.69) is 52.2 Å². The number of aryl methyl sites for hydroxylation is 3. The number of imidazole rings is 1. The van der Waals surface area contributed by atoms with Gasteiger partial charge in [0.25, 0.3) is 0 Å². The van der Waals surface area contributed by atoms with Crippen LogP contribution in [0.4, 0.5) is 5.69 Å². The highest BCUT2D eigenvalue weighted by atomic mass is 79.9.